The monoisotopic (exact) mass is 204 g/mol. The van der Waals surface area contributed by atoms with E-state index in [4.69, 9.17) is 4.84 Å². The highest BCUT2D eigenvalue weighted by Crippen LogP contribution is 2.40. The van der Waals surface area contributed by atoms with Crippen LogP contribution in [0, 0.1) is 0 Å². The summed E-state index contributed by atoms with van der Waals surface area (Å²) in [6, 6.07) is 8.67. The number of para-hydroxylation sites is 1. The molecule has 0 aromatic heterocycles. The Morgan fingerprint density at radius 2 is 2.27 bits per heavy atom. The molecular formula is C12H16N2O. The van der Waals surface area contributed by atoms with Crippen LogP contribution in [0.15, 0.2) is 24.3 Å². The van der Waals surface area contributed by atoms with Crippen LogP contribution in [0.2, 0.25) is 0 Å². The average molecular weight is 204 g/mol. The minimum atomic E-state index is 0.211. The normalized spacial score (nSPS) is 29.5. The number of anilines is 1. The second-order valence-electron chi connectivity index (χ2n) is 4.58. The number of hydroxylamine groups is 1. The van der Waals surface area contributed by atoms with Crippen LogP contribution in [0.25, 0.3) is 0 Å². The highest BCUT2D eigenvalue weighted by molar-refractivity contribution is 5.59. The summed E-state index contributed by atoms with van der Waals surface area (Å²) < 4.78 is 0. The molecule has 1 atom stereocenters. The summed E-state index contributed by atoms with van der Waals surface area (Å²) in [6.07, 6.45) is 1.17. The Morgan fingerprint density at radius 1 is 1.40 bits per heavy atom. The predicted molar refractivity (Wildman–Crippen MR) is 60.0 cm³/mol. The quantitative estimate of drug-likeness (QED) is 0.689. The van der Waals surface area contributed by atoms with Crippen LogP contribution in [-0.4, -0.2) is 26.7 Å². The Balaban J connectivity index is 2.11. The van der Waals surface area contributed by atoms with Gasteiger partial charge in [-0.1, -0.05) is 18.2 Å². The van der Waals surface area contributed by atoms with E-state index >= 15 is 0 Å². The van der Waals surface area contributed by atoms with Crippen molar-refractivity contribution in [2.45, 2.75) is 11.8 Å². The van der Waals surface area contributed by atoms with E-state index in [1.54, 1.807) is 0 Å². The second kappa shape index (κ2) is 3.22. The number of nitrogens with one attached hydrogen (secondary N) is 1. The van der Waals surface area contributed by atoms with E-state index in [0.717, 1.165) is 19.7 Å². The lowest BCUT2D eigenvalue weighted by molar-refractivity contribution is 0.0925. The fourth-order valence-corrected chi connectivity index (χ4v) is 2.65. The molecule has 15 heavy (non-hydrogen) atoms. The summed E-state index contributed by atoms with van der Waals surface area (Å²) in [6.45, 7) is 2.86. The van der Waals surface area contributed by atoms with E-state index in [9.17, 15) is 0 Å². The van der Waals surface area contributed by atoms with Gasteiger partial charge in [-0.25, -0.2) is 5.48 Å². The zero-order chi connectivity index (χ0) is 10.3. The molecule has 2 aliphatic heterocycles. The first-order valence-corrected chi connectivity index (χ1v) is 5.47. The number of benzene rings is 1. The summed E-state index contributed by atoms with van der Waals surface area (Å²) in [5, 5.41) is 0. The molecule has 0 radical (unpaired) electrons. The number of hydrogen-bond acceptors (Lipinski definition) is 3. The molecule has 3 nitrogen and oxygen atoms in total. The molecule has 0 bridgehead atoms. The molecule has 1 unspecified atom stereocenters. The fraction of sp³-hybridized carbons (Fsp3) is 0.500. The Kier molecular flexibility index (Phi) is 1.97. The van der Waals surface area contributed by atoms with Gasteiger partial charge in [-0.3, -0.25) is 0 Å². The van der Waals surface area contributed by atoms with Gasteiger partial charge in [0.15, 0.2) is 0 Å². The molecule has 1 aromatic carbocycles. The summed E-state index contributed by atoms with van der Waals surface area (Å²) in [4.78, 5) is 7.69. The Bertz CT molecular complexity index is 372. The third kappa shape index (κ3) is 1.27. The third-order valence-electron chi connectivity index (χ3n) is 3.67. The van der Waals surface area contributed by atoms with Gasteiger partial charge in [0.1, 0.15) is 0 Å². The molecule has 2 heterocycles. The van der Waals surface area contributed by atoms with Crippen molar-refractivity contribution in [3.8, 4) is 0 Å². The minimum Gasteiger partial charge on any atom is -0.374 e. The van der Waals surface area contributed by atoms with Gasteiger partial charge < -0.3 is 9.74 Å². The first kappa shape index (κ1) is 9.19. The molecule has 3 heteroatoms. The van der Waals surface area contributed by atoms with Crippen molar-refractivity contribution in [1.29, 1.82) is 0 Å². The maximum absolute atomic E-state index is 5.36. The maximum Gasteiger partial charge on any atom is 0.0793 e. The Hall–Kier alpha value is -1.06. The van der Waals surface area contributed by atoms with Gasteiger partial charge in [0.05, 0.1) is 6.61 Å². The molecular weight excluding hydrogens is 188 g/mol. The lowest BCUT2D eigenvalue weighted by Gasteiger charge is -2.39. The van der Waals surface area contributed by atoms with Crippen LogP contribution in [0.4, 0.5) is 5.69 Å². The summed E-state index contributed by atoms with van der Waals surface area (Å²) in [7, 11) is 2.16. The topological polar surface area (TPSA) is 24.5 Å². The molecule has 80 valence electrons. The molecule has 0 aliphatic carbocycles. The van der Waals surface area contributed by atoms with E-state index in [2.05, 4.69) is 41.7 Å². The molecule has 1 spiro atoms. The van der Waals surface area contributed by atoms with Crippen molar-refractivity contribution in [1.82, 2.24) is 5.48 Å². The van der Waals surface area contributed by atoms with E-state index in [1.807, 2.05) is 0 Å². The van der Waals surface area contributed by atoms with Crippen molar-refractivity contribution in [2.75, 3.05) is 31.6 Å². The fourth-order valence-electron chi connectivity index (χ4n) is 2.65. The van der Waals surface area contributed by atoms with Crippen LogP contribution in [0.3, 0.4) is 0 Å². The molecule has 1 saturated heterocycles. The van der Waals surface area contributed by atoms with Crippen LogP contribution < -0.4 is 10.4 Å². The van der Waals surface area contributed by atoms with Crippen molar-refractivity contribution < 1.29 is 4.84 Å². The molecule has 0 saturated carbocycles. The first-order valence-electron chi connectivity index (χ1n) is 5.47. The lowest BCUT2D eigenvalue weighted by Crippen LogP contribution is -2.41. The van der Waals surface area contributed by atoms with Crippen molar-refractivity contribution in [3.05, 3.63) is 29.8 Å². The Morgan fingerprint density at radius 3 is 3.07 bits per heavy atom. The van der Waals surface area contributed by atoms with Crippen molar-refractivity contribution in [3.63, 3.8) is 0 Å². The lowest BCUT2D eigenvalue weighted by atomic mass is 9.75. The van der Waals surface area contributed by atoms with Crippen LogP contribution in [0.5, 0.6) is 0 Å². The van der Waals surface area contributed by atoms with Crippen molar-refractivity contribution >= 4 is 5.69 Å². The average Bonchev–Trinajstić information content (AvgIpc) is 2.74. The van der Waals surface area contributed by atoms with Gasteiger partial charge in [0.25, 0.3) is 0 Å². The number of nitrogens with zero attached hydrogens (tertiary/aromatic N) is 1. The van der Waals surface area contributed by atoms with E-state index in [0.29, 0.717) is 0 Å². The molecule has 2 aliphatic rings. The number of rotatable bonds is 0. The summed E-state index contributed by atoms with van der Waals surface area (Å²) in [5.41, 5.74) is 6.02. The number of fused-ring (bicyclic) bond motifs is 2. The van der Waals surface area contributed by atoms with Crippen LogP contribution in [-0.2, 0) is 10.3 Å². The van der Waals surface area contributed by atoms with Crippen LogP contribution >= 0.6 is 0 Å². The Labute approximate surface area is 90.0 Å². The first-order chi connectivity index (χ1) is 7.32. The van der Waals surface area contributed by atoms with Gasteiger partial charge in [0, 0.05) is 31.2 Å². The smallest absolute Gasteiger partial charge is 0.0793 e. The highest BCUT2D eigenvalue weighted by Gasteiger charge is 2.41. The molecule has 1 fully saturated rings. The second-order valence-corrected chi connectivity index (χ2v) is 4.58. The van der Waals surface area contributed by atoms with Crippen molar-refractivity contribution in [2.24, 2.45) is 0 Å². The third-order valence-corrected chi connectivity index (χ3v) is 3.67. The van der Waals surface area contributed by atoms with Gasteiger partial charge in [0.2, 0.25) is 0 Å². The van der Waals surface area contributed by atoms with Crippen LogP contribution in [0.1, 0.15) is 12.0 Å². The van der Waals surface area contributed by atoms with E-state index in [-0.39, 0.29) is 5.41 Å². The maximum atomic E-state index is 5.36. The van der Waals surface area contributed by atoms with Gasteiger partial charge in [-0.15, -0.1) is 0 Å². The summed E-state index contributed by atoms with van der Waals surface area (Å²) >= 11 is 0. The standard InChI is InChI=1S/C12H16N2O/c1-14-7-6-12(8-13-15-9-12)10-4-2-3-5-11(10)14/h2-5,13H,6-9H2,1H3. The van der Waals surface area contributed by atoms with E-state index in [1.165, 1.54) is 17.7 Å². The van der Waals surface area contributed by atoms with Gasteiger partial charge >= 0.3 is 0 Å². The molecule has 1 aromatic rings. The SMILES string of the molecule is CN1CCC2(CNOC2)c2ccccc21. The zero-order valence-electron chi connectivity index (χ0n) is 8.99. The molecule has 3 rings (SSSR count). The summed E-state index contributed by atoms with van der Waals surface area (Å²) in [5.74, 6) is 0. The van der Waals surface area contributed by atoms with Gasteiger partial charge in [-0.2, -0.15) is 0 Å². The molecule has 0 amide bonds. The predicted octanol–water partition coefficient (Wildman–Crippen LogP) is 1.30. The largest absolute Gasteiger partial charge is 0.374 e. The molecule has 1 N–H and O–H groups in total. The zero-order valence-corrected chi connectivity index (χ0v) is 8.99. The highest BCUT2D eigenvalue weighted by atomic mass is 16.7. The minimum absolute atomic E-state index is 0.211. The number of hydrogen-bond donors (Lipinski definition) is 1. The van der Waals surface area contributed by atoms with Gasteiger partial charge in [-0.05, 0) is 18.1 Å². The van der Waals surface area contributed by atoms with E-state index < -0.39 is 0 Å².